The second-order valence-corrected chi connectivity index (χ2v) is 4.78. The van der Waals surface area contributed by atoms with Crippen LogP contribution < -0.4 is 0 Å². The number of carbonyl (C=O) groups is 1. The van der Waals surface area contributed by atoms with Crippen LogP contribution in [-0.2, 0) is 6.54 Å². The second-order valence-electron chi connectivity index (χ2n) is 4.78. The van der Waals surface area contributed by atoms with Crippen LogP contribution >= 0.6 is 0 Å². The Bertz CT molecular complexity index is 354. The van der Waals surface area contributed by atoms with Gasteiger partial charge in [-0.2, -0.15) is 0 Å². The molecule has 0 saturated carbocycles. The quantitative estimate of drug-likeness (QED) is 0.826. The average molecular weight is 250 g/mol. The Morgan fingerprint density at radius 2 is 2.06 bits per heavy atom. The van der Waals surface area contributed by atoms with Crippen LogP contribution in [0.5, 0.6) is 0 Å². The lowest BCUT2D eigenvalue weighted by Crippen LogP contribution is -2.43. The number of urea groups is 1. The van der Waals surface area contributed by atoms with E-state index in [0.29, 0.717) is 6.54 Å². The fourth-order valence-electron chi connectivity index (χ4n) is 2.37. The highest BCUT2D eigenvalue weighted by Crippen LogP contribution is 2.13. The molecule has 4 heteroatoms. The van der Waals surface area contributed by atoms with Crippen molar-refractivity contribution < 1.29 is 9.21 Å². The Kier molecular flexibility index (Phi) is 4.67. The molecule has 0 spiro atoms. The van der Waals surface area contributed by atoms with Gasteiger partial charge in [-0.15, -0.1) is 0 Å². The van der Waals surface area contributed by atoms with Gasteiger partial charge in [0.1, 0.15) is 5.76 Å². The number of likely N-dealkylation sites (tertiary alicyclic amines) is 1. The molecule has 0 radical (unpaired) electrons. The predicted octanol–water partition coefficient (Wildman–Crippen LogP) is 3.10. The molecule has 2 amide bonds. The van der Waals surface area contributed by atoms with Crippen molar-refractivity contribution in [3.05, 3.63) is 24.2 Å². The van der Waals surface area contributed by atoms with Crippen LogP contribution in [0, 0.1) is 0 Å². The smallest absolute Gasteiger partial charge is 0.320 e. The monoisotopic (exact) mass is 250 g/mol. The fraction of sp³-hybridized carbons (Fsp3) is 0.643. The summed E-state index contributed by atoms with van der Waals surface area (Å²) >= 11 is 0. The van der Waals surface area contributed by atoms with Crippen LogP contribution in [0.4, 0.5) is 4.79 Å². The minimum absolute atomic E-state index is 0.149. The maximum atomic E-state index is 12.4. The Labute approximate surface area is 109 Å². The summed E-state index contributed by atoms with van der Waals surface area (Å²) in [4.78, 5) is 16.3. The summed E-state index contributed by atoms with van der Waals surface area (Å²) in [5.74, 6) is 0.847. The van der Waals surface area contributed by atoms with Crippen LogP contribution in [-0.4, -0.2) is 35.5 Å². The van der Waals surface area contributed by atoms with Gasteiger partial charge in [0.15, 0.2) is 0 Å². The summed E-state index contributed by atoms with van der Waals surface area (Å²) in [7, 11) is 0. The van der Waals surface area contributed by atoms with Crippen LogP contribution in [0.1, 0.15) is 38.4 Å². The summed E-state index contributed by atoms with van der Waals surface area (Å²) in [6.07, 6.45) is 6.40. The van der Waals surface area contributed by atoms with E-state index in [1.165, 1.54) is 12.8 Å². The number of furan rings is 1. The molecule has 4 nitrogen and oxygen atoms in total. The molecule has 0 aromatic carbocycles. The number of hydrogen-bond acceptors (Lipinski definition) is 2. The maximum absolute atomic E-state index is 12.4. The highest BCUT2D eigenvalue weighted by molar-refractivity contribution is 5.74. The predicted molar refractivity (Wildman–Crippen MR) is 70.2 cm³/mol. The zero-order chi connectivity index (χ0) is 12.8. The normalized spacial score (nSPS) is 16.4. The Morgan fingerprint density at radius 3 is 2.61 bits per heavy atom. The van der Waals surface area contributed by atoms with Gasteiger partial charge in [0, 0.05) is 19.6 Å². The van der Waals surface area contributed by atoms with Crippen LogP contribution in [0.3, 0.4) is 0 Å². The van der Waals surface area contributed by atoms with E-state index in [4.69, 9.17) is 4.42 Å². The molecule has 1 aliphatic heterocycles. The number of hydrogen-bond donors (Lipinski definition) is 0. The average Bonchev–Trinajstić information content (AvgIpc) is 2.75. The SMILES string of the molecule is CCN(Cc1ccco1)C(=O)N1CCCCCC1. The first kappa shape index (κ1) is 13.0. The van der Waals surface area contributed by atoms with Gasteiger partial charge in [-0.1, -0.05) is 12.8 Å². The largest absolute Gasteiger partial charge is 0.467 e. The number of nitrogens with zero attached hydrogens (tertiary/aromatic N) is 2. The van der Waals surface area contributed by atoms with Gasteiger partial charge in [0.05, 0.1) is 12.8 Å². The molecule has 1 aromatic heterocycles. The first-order chi connectivity index (χ1) is 8.81. The molecule has 0 bridgehead atoms. The van der Waals surface area contributed by atoms with Crippen molar-refractivity contribution in [3.63, 3.8) is 0 Å². The van der Waals surface area contributed by atoms with E-state index >= 15 is 0 Å². The van der Waals surface area contributed by atoms with E-state index in [-0.39, 0.29) is 6.03 Å². The van der Waals surface area contributed by atoms with Gasteiger partial charge < -0.3 is 14.2 Å². The van der Waals surface area contributed by atoms with Crippen LogP contribution in [0.25, 0.3) is 0 Å². The van der Waals surface area contributed by atoms with Crippen molar-refractivity contribution in [2.45, 2.75) is 39.2 Å². The van der Waals surface area contributed by atoms with E-state index in [9.17, 15) is 4.79 Å². The minimum atomic E-state index is 0.149. The number of amides is 2. The summed E-state index contributed by atoms with van der Waals surface area (Å²) in [6, 6.07) is 3.92. The first-order valence-corrected chi connectivity index (χ1v) is 6.87. The van der Waals surface area contributed by atoms with Gasteiger partial charge in [0.2, 0.25) is 0 Å². The topological polar surface area (TPSA) is 36.7 Å². The summed E-state index contributed by atoms with van der Waals surface area (Å²) in [5.41, 5.74) is 0. The molecular formula is C14H22N2O2. The molecule has 100 valence electrons. The molecule has 2 heterocycles. The fourth-order valence-corrected chi connectivity index (χ4v) is 2.37. The Hall–Kier alpha value is -1.45. The van der Waals surface area contributed by atoms with Crippen molar-refractivity contribution in [2.75, 3.05) is 19.6 Å². The van der Waals surface area contributed by atoms with Gasteiger partial charge in [-0.25, -0.2) is 4.79 Å². The highest BCUT2D eigenvalue weighted by atomic mass is 16.3. The van der Waals surface area contributed by atoms with Crippen molar-refractivity contribution >= 4 is 6.03 Å². The molecule has 0 aliphatic carbocycles. The number of rotatable bonds is 3. The molecular weight excluding hydrogens is 228 g/mol. The summed E-state index contributed by atoms with van der Waals surface area (Å²) in [6.45, 7) is 5.09. The molecule has 18 heavy (non-hydrogen) atoms. The van der Waals surface area contributed by atoms with Gasteiger partial charge in [0.25, 0.3) is 0 Å². The molecule has 2 rings (SSSR count). The summed E-state index contributed by atoms with van der Waals surface area (Å²) < 4.78 is 5.32. The van der Waals surface area contributed by atoms with Gasteiger partial charge in [-0.05, 0) is 31.9 Å². The third-order valence-electron chi connectivity index (χ3n) is 3.46. The van der Waals surface area contributed by atoms with E-state index in [1.807, 2.05) is 28.9 Å². The van der Waals surface area contributed by atoms with Crippen molar-refractivity contribution in [1.29, 1.82) is 0 Å². The van der Waals surface area contributed by atoms with E-state index in [1.54, 1.807) is 6.26 Å². The zero-order valence-corrected chi connectivity index (χ0v) is 11.1. The summed E-state index contributed by atoms with van der Waals surface area (Å²) in [5, 5.41) is 0. The minimum Gasteiger partial charge on any atom is -0.467 e. The van der Waals surface area contributed by atoms with Gasteiger partial charge in [-0.3, -0.25) is 0 Å². The Morgan fingerprint density at radius 1 is 1.33 bits per heavy atom. The van der Waals surface area contributed by atoms with E-state index < -0.39 is 0 Å². The standard InChI is InChI=1S/C14H22N2O2/c1-2-15(12-13-8-7-11-18-13)14(17)16-9-5-3-4-6-10-16/h7-8,11H,2-6,9-10,12H2,1H3. The third-order valence-corrected chi connectivity index (χ3v) is 3.46. The molecule has 1 saturated heterocycles. The third kappa shape index (κ3) is 3.28. The second kappa shape index (κ2) is 6.47. The van der Waals surface area contributed by atoms with Crippen molar-refractivity contribution in [2.24, 2.45) is 0 Å². The molecule has 1 aliphatic rings. The molecule has 1 fully saturated rings. The zero-order valence-electron chi connectivity index (χ0n) is 11.1. The molecule has 0 N–H and O–H groups in total. The van der Waals surface area contributed by atoms with Gasteiger partial charge >= 0.3 is 6.03 Å². The first-order valence-electron chi connectivity index (χ1n) is 6.87. The van der Waals surface area contributed by atoms with Crippen molar-refractivity contribution in [3.8, 4) is 0 Å². The molecule has 0 atom stereocenters. The van der Waals surface area contributed by atoms with Crippen LogP contribution in [0.15, 0.2) is 22.8 Å². The molecule has 1 aromatic rings. The lowest BCUT2D eigenvalue weighted by Gasteiger charge is -2.28. The van der Waals surface area contributed by atoms with Crippen LogP contribution in [0.2, 0.25) is 0 Å². The molecule has 0 unspecified atom stereocenters. The van der Waals surface area contributed by atoms with Crippen molar-refractivity contribution in [1.82, 2.24) is 9.80 Å². The lowest BCUT2D eigenvalue weighted by molar-refractivity contribution is 0.150. The Balaban J connectivity index is 1.95. The maximum Gasteiger partial charge on any atom is 0.320 e. The number of carbonyl (C=O) groups excluding carboxylic acids is 1. The van der Waals surface area contributed by atoms with E-state index in [2.05, 4.69) is 0 Å². The lowest BCUT2D eigenvalue weighted by atomic mass is 10.2. The van der Waals surface area contributed by atoms with E-state index in [0.717, 1.165) is 38.2 Å². The highest BCUT2D eigenvalue weighted by Gasteiger charge is 2.21.